The fraction of sp³-hybridized carbons (Fsp3) is 0.474. The molecule has 3 atom stereocenters. The summed E-state index contributed by atoms with van der Waals surface area (Å²) < 4.78 is 5.11. The Morgan fingerprint density at radius 2 is 1.74 bits per heavy atom. The van der Waals surface area contributed by atoms with Gasteiger partial charge < -0.3 is 20.5 Å². The number of aliphatic carboxylic acids is 1. The number of benzene rings is 1. The molecule has 146 valence electrons. The number of amides is 2. The Bertz CT molecular complexity index is 684. The van der Waals surface area contributed by atoms with Gasteiger partial charge in [-0.25, -0.2) is 9.59 Å². The van der Waals surface area contributed by atoms with Crippen molar-refractivity contribution in [2.24, 2.45) is 11.8 Å². The number of hydrogen-bond acceptors (Lipinski definition) is 5. The highest BCUT2D eigenvalue weighted by atomic mass is 16.5. The minimum absolute atomic E-state index is 0.0177. The summed E-state index contributed by atoms with van der Waals surface area (Å²) in [5, 5.41) is 22.9. The molecular weight excluding hydrogens is 350 g/mol. The number of carboxylic acid groups (broad SMARTS) is 1. The van der Waals surface area contributed by atoms with Gasteiger partial charge in [0.25, 0.3) is 0 Å². The molecule has 8 nitrogen and oxygen atoms in total. The molecule has 0 saturated heterocycles. The molecule has 0 saturated carbocycles. The summed E-state index contributed by atoms with van der Waals surface area (Å²) in [4.78, 5) is 35.9. The zero-order valence-corrected chi connectivity index (χ0v) is 15.6. The average Bonchev–Trinajstić information content (AvgIpc) is 2.62. The zero-order chi connectivity index (χ0) is 20.4. The number of hydrogen-bond donors (Lipinski definition) is 3. The molecule has 3 N–H and O–H groups in total. The van der Waals surface area contributed by atoms with Gasteiger partial charge in [0.05, 0.1) is 6.07 Å². The summed E-state index contributed by atoms with van der Waals surface area (Å²) in [7, 11) is 0. The Kier molecular flexibility index (Phi) is 8.79. The minimum Gasteiger partial charge on any atom is -0.480 e. The molecule has 1 aromatic rings. The Morgan fingerprint density at radius 3 is 2.26 bits per heavy atom. The van der Waals surface area contributed by atoms with Gasteiger partial charge in [-0.15, -0.1) is 0 Å². The summed E-state index contributed by atoms with van der Waals surface area (Å²) >= 11 is 0. The third-order valence-electron chi connectivity index (χ3n) is 3.98. The standard InChI is InChI=1S/C19H25N3O5/c1-12(2)15(17(23)21-16(18(24)25)13(3)9-10-20)22-19(26)27-11-14-7-5-4-6-8-14/h4-8,12-13,15-16H,9,11H2,1-3H3,(H,21,23)(H,22,26)(H,24,25)/t13-,15+,16+/m1/s1. The maximum absolute atomic E-state index is 12.5. The van der Waals surface area contributed by atoms with Crippen LogP contribution in [0.5, 0.6) is 0 Å². The van der Waals surface area contributed by atoms with Crippen LogP contribution in [-0.4, -0.2) is 35.2 Å². The number of carbonyl (C=O) groups is 3. The SMILES string of the molecule is CC(C)[C@H](NC(=O)OCc1ccccc1)C(=O)N[C@H](C(=O)O)[C@H](C)CC#N. The van der Waals surface area contributed by atoms with Crippen LogP contribution in [-0.2, 0) is 20.9 Å². The van der Waals surface area contributed by atoms with E-state index in [2.05, 4.69) is 10.6 Å². The Hall–Kier alpha value is -3.08. The highest BCUT2D eigenvalue weighted by molar-refractivity contribution is 5.89. The molecule has 0 fully saturated rings. The van der Waals surface area contributed by atoms with Gasteiger partial charge in [-0.1, -0.05) is 51.1 Å². The van der Waals surface area contributed by atoms with E-state index in [4.69, 9.17) is 10.00 Å². The van der Waals surface area contributed by atoms with Crippen molar-refractivity contribution in [2.45, 2.75) is 45.9 Å². The van der Waals surface area contributed by atoms with E-state index in [0.717, 1.165) is 5.56 Å². The van der Waals surface area contributed by atoms with Crippen LogP contribution in [0.2, 0.25) is 0 Å². The van der Waals surface area contributed by atoms with Crippen LogP contribution in [0.3, 0.4) is 0 Å². The molecule has 1 rings (SSSR count). The Balaban J connectivity index is 2.70. The normalized spacial score (nSPS) is 13.7. The van der Waals surface area contributed by atoms with Crippen molar-refractivity contribution in [2.75, 3.05) is 0 Å². The van der Waals surface area contributed by atoms with Gasteiger partial charge in [-0.2, -0.15) is 5.26 Å². The van der Waals surface area contributed by atoms with Gasteiger partial charge in [0.15, 0.2) is 0 Å². The van der Waals surface area contributed by atoms with Crippen molar-refractivity contribution in [1.29, 1.82) is 5.26 Å². The van der Waals surface area contributed by atoms with E-state index in [1.807, 2.05) is 24.3 Å². The molecule has 2 amide bonds. The maximum atomic E-state index is 12.5. The van der Waals surface area contributed by atoms with Gasteiger partial charge in [-0.3, -0.25) is 4.79 Å². The van der Waals surface area contributed by atoms with E-state index in [1.165, 1.54) is 0 Å². The fourth-order valence-electron chi connectivity index (χ4n) is 2.38. The van der Waals surface area contributed by atoms with Gasteiger partial charge in [0, 0.05) is 12.3 Å². The van der Waals surface area contributed by atoms with E-state index in [0.29, 0.717) is 0 Å². The molecule has 0 radical (unpaired) electrons. The molecule has 0 aliphatic heterocycles. The number of rotatable bonds is 9. The summed E-state index contributed by atoms with van der Waals surface area (Å²) in [6.45, 7) is 5.05. The number of carbonyl (C=O) groups excluding carboxylic acids is 2. The molecule has 27 heavy (non-hydrogen) atoms. The summed E-state index contributed by atoms with van der Waals surface area (Å²) in [5.41, 5.74) is 0.800. The fourth-order valence-corrected chi connectivity index (χ4v) is 2.38. The average molecular weight is 375 g/mol. The number of alkyl carbamates (subject to hydrolysis) is 1. The molecule has 0 unspecified atom stereocenters. The molecular formula is C19H25N3O5. The largest absolute Gasteiger partial charge is 0.480 e. The lowest BCUT2D eigenvalue weighted by molar-refractivity contribution is -0.143. The van der Waals surface area contributed by atoms with Crippen molar-refractivity contribution in [3.8, 4) is 6.07 Å². The van der Waals surface area contributed by atoms with Crippen molar-refractivity contribution in [3.63, 3.8) is 0 Å². The topological polar surface area (TPSA) is 129 Å². The van der Waals surface area contributed by atoms with Crippen LogP contribution in [0.15, 0.2) is 30.3 Å². The summed E-state index contributed by atoms with van der Waals surface area (Å²) in [6.07, 6.45) is -0.791. The maximum Gasteiger partial charge on any atom is 0.408 e. The number of nitrogens with one attached hydrogen (secondary N) is 2. The highest BCUT2D eigenvalue weighted by Gasteiger charge is 2.31. The Morgan fingerprint density at radius 1 is 1.11 bits per heavy atom. The zero-order valence-electron chi connectivity index (χ0n) is 15.6. The van der Waals surface area contributed by atoms with Crippen LogP contribution in [0.1, 0.15) is 32.8 Å². The third-order valence-corrected chi connectivity index (χ3v) is 3.98. The van der Waals surface area contributed by atoms with Gasteiger partial charge in [0.1, 0.15) is 18.7 Å². The van der Waals surface area contributed by atoms with Crippen LogP contribution in [0.25, 0.3) is 0 Å². The second kappa shape index (κ2) is 10.8. The van der Waals surface area contributed by atoms with Crippen molar-refractivity contribution < 1.29 is 24.2 Å². The molecule has 0 aliphatic carbocycles. The van der Waals surface area contributed by atoms with Crippen LogP contribution in [0, 0.1) is 23.2 Å². The van der Waals surface area contributed by atoms with E-state index < -0.39 is 36.0 Å². The van der Waals surface area contributed by atoms with Crippen molar-refractivity contribution in [3.05, 3.63) is 35.9 Å². The third kappa shape index (κ3) is 7.36. The molecule has 0 bridgehead atoms. The number of nitriles is 1. The lowest BCUT2D eigenvalue weighted by Crippen LogP contribution is -2.55. The van der Waals surface area contributed by atoms with Crippen LogP contribution in [0.4, 0.5) is 4.79 Å². The lowest BCUT2D eigenvalue weighted by atomic mass is 9.97. The van der Waals surface area contributed by atoms with Gasteiger partial charge in [0.2, 0.25) is 5.91 Å². The second-order valence-electron chi connectivity index (χ2n) is 6.59. The van der Waals surface area contributed by atoms with Crippen LogP contribution >= 0.6 is 0 Å². The first kappa shape index (κ1) is 22.0. The predicted octanol–water partition coefficient (Wildman–Crippen LogP) is 2.06. The minimum atomic E-state index is -1.24. The monoisotopic (exact) mass is 375 g/mol. The van der Waals surface area contributed by atoms with Crippen molar-refractivity contribution in [1.82, 2.24) is 10.6 Å². The first-order valence-corrected chi connectivity index (χ1v) is 8.63. The van der Waals surface area contributed by atoms with Gasteiger partial charge >= 0.3 is 12.1 Å². The molecule has 1 aromatic carbocycles. The van der Waals surface area contributed by atoms with Crippen molar-refractivity contribution >= 4 is 18.0 Å². The van der Waals surface area contributed by atoms with Gasteiger partial charge in [-0.05, 0) is 11.5 Å². The number of carboxylic acids is 1. The van der Waals surface area contributed by atoms with E-state index in [1.54, 1.807) is 32.9 Å². The molecule has 8 heteroatoms. The molecule has 0 heterocycles. The predicted molar refractivity (Wildman–Crippen MR) is 97.3 cm³/mol. The van der Waals surface area contributed by atoms with E-state index in [9.17, 15) is 19.5 Å². The first-order chi connectivity index (χ1) is 12.8. The van der Waals surface area contributed by atoms with Crippen LogP contribution < -0.4 is 10.6 Å². The van der Waals surface area contributed by atoms with E-state index >= 15 is 0 Å². The lowest BCUT2D eigenvalue weighted by Gasteiger charge is -2.25. The molecule has 0 aromatic heterocycles. The molecule has 0 aliphatic rings. The number of nitrogens with zero attached hydrogens (tertiary/aromatic N) is 1. The Labute approximate surface area is 158 Å². The summed E-state index contributed by atoms with van der Waals surface area (Å²) in [5.74, 6) is -2.75. The molecule has 0 spiro atoms. The number of ether oxygens (including phenoxy) is 1. The summed E-state index contributed by atoms with van der Waals surface area (Å²) in [6, 6.07) is 8.77. The highest BCUT2D eigenvalue weighted by Crippen LogP contribution is 2.10. The smallest absolute Gasteiger partial charge is 0.408 e. The first-order valence-electron chi connectivity index (χ1n) is 8.63. The quantitative estimate of drug-likeness (QED) is 0.606. The second-order valence-corrected chi connectivity index (χ2v) is 6.59. The van der Waals surface area contributed by atoms with E-state index in [-0.39, 0.29) is 18.9 Å².